The van der Waals surface area contributed by atoms with E-state index in [1.807, 2.05) is 26.8 Å². The highest BCUT2D eigenvalue weighted by Crippen LogP contribution is 2.23. The molecule has 5 nitrogen and oxygen atoms in total. The SMILES string of the molecule is C=CCCC(C)CC(NC(=O)OC(C)(C)C)[C@H]1CCC(=O)O1. The number of allylic oxidation sites excluding steroid dienone is 1. The molecule has 0 aromatic carbocycles. The summed E-state index contributed by atoms with van der Waals surface area (Å²) in [6, 6.07) is -0.207. The molecular formula is C17H29NO4. The van der Waals surface area contributed by atoms with E-state index < -0.39 is 11.7 Å². The van der Waals surface area contributed by atoms with Crippen LogP contribution in [0.4, 0.5) is 4.79 Å². The lowest BCUT2D eigenvalue weighted by Crippen LogP contribution is -2.46. The van der Waals surface area contributed by atoms with Crippen molar-refractivity contribution in [3.8, 4) is 0 Å². The third kappa shape index (κ3) is 6.96. The van der Waals surface area contributed by atoms with Crippen LogP contribution in [-0.4, -0.2) is 29.8 Å². The molecule has 1 saturated heterocycles. The number of hydrogen-bond acceptors (Lipinski definition) is 4. The van der Waals surface area contributed by atoms with Crippen molar-refractivity contribution in [2.24, 2.45) is 5.92 Å². The third-order valence-electron chi connectivity index (χ3n) is 3.59. The summed E-state index contributed by atoms with van der Waals surface area (Å²) < 4.78 is 10.6. The van der Waals surface area contributed by atoms with Crippen LogP contribution in [0.3, 0.4) is 0 Å². The van der Waals surface area contributed by atoms with E-state index in [1.54, 1.807) is 0 Å². The molecule has 1 amide bonds. The van der Waals surface area contributed by atoms with Crippen LogP contribution in [0.5, 0.6) is 0 Å². The van der Waals surface area contributed by atoms with Crippen LogP contribution in [0.25, 0.3) is 0 Å². The highest BCUT2D eigenvalue weighted by atomic mass is 16.6. The van der Waals surface area contributed by atoms with Crippen LogP contribution in [0.2, 0.25) is 0 Å². The minimum atomic E-state index is -0.546. The Morgan fingerprint density at radius 3 is 2.73 bits per heavy atom. The van der Waals surface area contributed by atoms with Gasteiger partial charge in [-0.2, -0.15) is 0 Å². The van der Waals surface area contributed by atoms with Crippen LogP contribution in [0.1, 0.15) is 59.8 Å². The van der Waals surface area contributed by atoms with Gasteiger partial charge in [0.05, 0.1) is 6.04 Å². The van der Waals surface area contributed by atoms with Crippen molar-refractivity contribution in [1.29, 1.82) is 0 Å². The van der Waals surface area contributed by atoms with E-state index in [0.717, 1.165) is 19.3 Å². The fourth-order valence-corrected chi connectivity index (χ4v) is 2.55. The molecule has 5 heteroatoms. The summed E-state index contributed by atoms with van der Waals surface area (Å²) in [6.07, 6.45) is 4.92. The molecule has 3 atom stereocenters. The Bertz CT molecular complexity index is 400. The number of rotatable bonds is 7. The fourth-order valence-electron chi connectivity index (χ4n) is 2.55. The second kappa shape index (κ2) is 8.20. The van der Waals surface area contributed by atoms with Crippen LogP contribution in [0, 0.1) is 5.92 Å². The first kappa shape index (κ1) is 18.5. The largest absolute Gasteiger partial charge is 0.460 e. The average molecular weight is 311 g/mol. The van der Waals surface area contributed by atoms with Crippen molar-refractivity contribution in [3.63, 3.8) is 0 Å². The number of nitrogens with one attached hydrogen (secondary N) is 1. The quantitative estimate of drug-likeness (QED) is 0.576. The standard InChI is InChI=1S/C17H29NO4/c1-6-7-8-12(2)11-13(14-9-10-15(19)21-14)18-16(20)22-17(3,4)5/h6,12-14H,1,7-11H2,2-5H3,(H,18,20)/t12?,13?,14-/m1/s1. The first-order valence-corrected chi connectivity index (χ1v) is 8.01. The van der Waals surface area contributed by atoms with Crippen molar-refractivity contribution >= 4 is 12.1 Å². The number of amides is 1. The van der Waals surface area contributed by atoms with Gasteiger partial charge in [0.15, 0.2) is 0 Å². The molecule has 1 fully saturated rings. The van der Waals surface area contributed by atoms with Gasteiger partial charge in [0.25, 0.3) is 0 Å². The average Bonchev–Trinajstić information content (AvgIpc) is 2.80. The van der Waals surface area contributed by atoms with E-state index in [1.165, 1.54) is 0 Å². The molecule has 0 aromatic rings. The molecule has 0 aliphatic carbocycles. The Labute approximate surface area is 133 Å². The summed E-state index contributed by atoms with van der Waals surface area (Å²) in [5.41, 5.74) is -0.546. The number of cyclic esters (lactones) is 1. The molecule has 1 heterocycles. The Morgan fingerprint density at radius 2 is 2.23 bits per heavy atom. The van der Waals surface area contributed by atoms with Crippen LogP contribution in [-0.2, 0) is 14.3 Å². The van der Waals surface area contributed by atoms with Gasteiger partial charge in [0.1, 0.15) is 11.7 Å². The highest BCUT2D eigenvalue weighted by molar-refractivity contribution is 5.72. The van der Waals surface area contributed by atoms with Gasteiger partial charge in [-0.3, -0.25) is 4.79 Å². The molecule has 22 heavy (non-hydrogen) atoms. The Kier molecular flexibility index (Phi) is 6.91. The third-order valence-corrected chi connectivity index (χ3v) is 3.59. The predicted molar refractivity (Wildman–Crippen MR) is 85.5 cm³/mol. The molecule has 1 aliphatic rings. The van der Waals surface area contributed by atoms with Crippen molar-refractivity contribution in [2.45, 2.75) is 77.5 Å². The van der Waals surface area contributed by atoms with Crippen molar-refractivity contribution < 1.29 is 19.1 Å². The Morgan fingerprint density at radius 1 is 1.55 bits per heavy atom. The topological polar surface area (TPSA) is 64.6 Å². The zero-order chi connectivity index (χ0) is 16.8. The second-order valence-electron chi connectivity index (χ2n) is 7.03. The molecular weight excluding hydrogens is 282 g/mol. The van der Waals surface area contributed by atoms with Crippen LogP contribution in [0.15, 0.2) is 12.7 Å². The molecule has 1 N–H and O–H groups in total. The molecule has 0 bridgehead atoms. The van der Waals surface area contributed by atoms with Gasteiger partial charge >= 0.3 is 12.1 Å². The van der Waals surface area contributed by atoms with Crippen molar-refractivity contribution in [1.82, 2.24) is 5.32 Å². The Hall–Kier alpha value is -1.52. The highest BCUT2D eigenvalue weighted by Gasteiger charge is 2.33. The smallest absolute Gasteiger partial charge is 0.408 e. The van der Waals surface area contributed by atoms with E-state index >= 15 is 0 Å². The maximum Gasteiger partial charge on any atom is 0.408 e. The molecule has 1 aliphatic heterocycles. The number of alkyl carbamates (subject to hydrolysis) is 1. The van der Waals surface area contributed by atoms with Gasteiger partial charge in [-0.15, -0.1) is 6.58 Å². The lowest BCUT2D eigenvalue weighted by atomic mass is 9.93. The minimum Gasteiger partial charge on any atom is -0.460 e. The van der Waals surface area contributed by atoms with Gasteiger partial charge in [0.2, 0.25) is 0 Å². The number of carbonyl (C=O) groups is 2. The van der Waals surface area contributed by atoms with Gasteiger partial charge in [-0.1, -0.05) is 13.0 Å². The van der Waals surface area contributed by atoms with Gasteiger partial charge in [-0.25, -0.2) is 4.79 Å². The Balaban J connectivity index is 2.63. The van der Waals surface area contributed by atoms with E-state index in [0.29, 0.717) is 18.8 Å². The first-order valence-electron chi connectivity index (χ1n) is 8.01. The summed E-state index contributed by atoms with van der Waals surface area (Å²) in [5, 5.41) is 2.88. The molecule has 0 radical (unpaired) electrons. The summed E-state index contributed by atoms with van der Waals surface area (Å²) in [6.45, 7) is 11.3. The monoisotopic (exact) mass is 311 g/mol. The van der Waals surface area contributed by atoms with Gasteiger partial charge in [-0.05, 0) is 52.4 Å². The number of carbonyl (C=O) groups excluding carboxylic acids is 2. The van der Waals surface area contributed by atoms with Crippen LogP contribution < -0.4 is 5.32 Å². The summed E-state index contributed by atoms with van der Waals surface area (Å²) in [5.74, 6) is 0.206. The zero-order valence-electron chi connectivity index (χ0n) is 14.2. The molecule has 2 unspecified atom stereocenters. The first-order chi connectivity index (χ1) is 10.2. The lowest BCUT2D eigenvalue weighted by molar-refractivity contribution is -0.142. The van der Waals surface area contributed by atoms with E-state index in [-0.39, 0.29) is 18.1 Å². The van der Waals surface area contributed by atoms with Crippen molar-refractivity contribution in [3.05, 3.63) is 12.7 Å². The summed E-state index contributed by atoms with van der Waals surface area (Å²) in [4.78, 5) is 23.4. The number of esters is 1. The van der Waals surface area contributed by atoms with Crippen molar-refractivity contribution in [2.75, 3.05) is 0 Å². The molecule has 0 spiro atoms. The normalized spacial score (nSPS) is 20.9. The fraction of sp³-hybridized carbons (Fsp3) is 0.765. The van der Waals surface area contributed by atoms with E-state index in [4.69, 9.17) is 9.47 Å². The molecule has 1 rings (SSSR count). The van der Waals surface area contributed by atoms with Crippen LogP contribution >= 0.6 is 0 Å². The predicted octanol–water partition coefficient (Wildman–Crippen LogP) is 3.58. The maximum atomic E-state index is 12.0. The molecule has 0 aromatic heterocycles. The second-order valence-corrected chi connectivity index (χ2v) is 7.03. The summed E-state index contributed by atoms with van der Waals surface area (Å²) >= 11 is 0. The van der Waals surface area contributed by atoms with Gasteiger partial charge in [0, 0.05) is 6.42 Å². The lowest BCUT2D eigenvalue weighted by Gasteiger charge is -2.28. The van der Waals surface area contributed by atoms with E-state index in [9.17, 15) is 9.59 Å². The maximum absolute atomic E-state index is 12.0. The number of hydrogen-bond donors (Lipinski definition) is 1. The minimum absolute atomic E-state index is 0.195. The molecule has 0 saturated carbocycles. The summed E-state index contributed by atoms with van der Waals surface area (Å²) in [7, 11) is 0. The van der Waals surface area contributed by atoms with Gasteiger partial charge < -0.3 is 14.8 Å². The van der Waals surface area contributed by atoms with E-state index in [2.05, 4.69) is 18.8 Å². The number of ether oxygens (including phenoxy) is 2. The zero-order valence-corrected chi connectivity index (χ0v) is 14.2. The molecule has 126 valence electrons.